The van der Waals surface area contributed by atoms with Gasteiger partial charge in [0.05, 0.1) is 11.9 Å². The Bertz CT molecular complexity index is 727. The molecule has 8 nitrogen and oxygen atoms in total. The molecule has 9 heteroatoms. The van der Waals surface area contributed by atoms with Crippen LogP contribution in [-0.4, -0.2) is 40.7 Å². The highest BCUT2D eigenvalue weighted by molar-refractivity contribution is 7.89. The maximum absolute atomic E-state index is 12.2. The van der Waals surface area contributed by atoms with Crippen molar-refractivity contribution in [2.75, 3.05) is 0 Å². The van der Waals surface area contributed by atoms with Crippen LogP contribution in [0.4, 0.5) is 0 Å². The second-order valence-corrected chi connectivity index (χ2v) is 6.11. The van der Waals surface area contributed by atoms with Gasteiger partial charge in [0.1, 0.15) is 10.9 Å². The molecular formula is C12H14N4O4S. The van der Waals surface area contributed by atoms with Crippen molar-refractivity contribution in [3.05, 3.63) is 42.0 Å². The zero-order chi connectivity index (χ0) is 15.5. The Morgan fingerprint density at radius 3 is 2.62 bits per heavy atom. The van der Waals surface area contributed by atoms with Crippen LogP contribution >= 0.6 is 0 Å². The molecule has 0 radical (unpaired) electrons. The predicted molar refractivity (Wildman–Crippen MR) is 73.0 cm³/mol. The molecule has 21 heavy (non-hydrogen) atoms. The molecule has 2 aromatic rings. The van der Waals surface area contributed by atoms with E-state index in [0.717, 1.165) is 6.20 Å². The Hall–Kier alpha value is -2.26. The molecule has 112 valence electrons. The van der Waals surface area contributed by atoms with Gasteiger partial charge in [-0.3, -0.25) is 14.9 Å². The average molecular weight is 310 g/mol. The van der Waals surface area contributed by atoms with E-state index in [0.29, 0.717) is 11.3 Å². The van der Waals surface area contributed by atoms with Crippen molar-refractivity contribution in [1.82, 2.24) is 19.9 Å². The van der Waals surface area contributed by atoms with Crippen LogP contribution in [0.3, 0.4) is 0 Å². The van der Waals surface area contributed by atoms with E-state index in [1.807, 2.05) is 0 Å². The minimum Gasteiger partial charge on any atom is -0.480 e. The summed E-state index contributed by atoms with van der Waals surface area (Å²) in [6, 6.07) is 1.99. The maximum Gasteiger partial charge on any atom is 0.322 e. The molecule has 0 saturated heterocycles. The summed E-state index contributed by atoms with van der Waals surface area (Å²) in [5.74, 6) is -1.25. The Balaban J connectivity index is 2.21. The number of carbonyl (C=O) groups is 1. The molecule has 2 aromatic heterocycles. The Kier molecular flexibility index (Phi) is 4.34. The fraction of sp³-hybridized carbons (Fsp3) is 0.250. The maximum atomic E-state index is 12.2. The number of pyridine rings is 1. The molecule has 1 atom stereocenters. The van der Waals surface area contributed by atoms with Crippen molar-refractivity contribution in [2.45, 2.75) is 24.3 Å². The monoisotopic (exact) mass is 310 g/mol. The van der Waals surface area contributed by atoms with Crippen LogP contribution in [-0.2, 0) is 21.2 Å². The molecule has 1 unspecified atom stereocenters. The molecule has 2 rings (SSSR count). The number of rotatable bonds is 6. The lowest BCUT2D eigenvalue weighted by molar-refractivity contribution is -0.138. The van der Waals surface area contributed by atoms with Crippen LogP contribution < -0.4 is 4.72 Å². The SMILES string of the molecule is Cc1[nH]ncc1S(=O)(=O)NC(Cc1ccncc1)C(=O)O. The fourth-order valence-corrected chi connectivity index (χ4v) is 3.12. The van der Waals surface area contributed by atoms with Crippen molar-refractivity contribution >= 4 is 16.0 Å². The van der Waals surface area contributed by atoms with E-state index in [-0.39, 0.29) is 11.3 Å². The van der Waals surface area contributed by atoms with E-state index in [1.165, 1.54) is 12.4 Å². The van der Waals surface area contributed by atoms with Crippen molar-refractivity contribution in [3.63, 3.8) is 0 Å². The van der Waals surface area contributed by atoms with Crippen molar-refractivity contribution in [2.24, 2.45) is 0 Å². The van der Waals surface area contributed by atoms with Gasteiger partial charge >= 0.3 is 5.97 Å². The molecular weight excluding hydrogens is 296 g/mol. The standard InChI is InChI=1S/C12H14N4O4S/c1-8-11(7-14-15-8)21(19,20)16-10(12(17)18)6-9-2-4-13-5-3-9/h2-5,7,10,16H,6H2,1H3,(H,14,15)(H,17,18). The molecule has 0 aromatic carbocycles. The van der Waals surface area contributed by atoms with Gasteiger partial charge in [-0.15, -0.1) is 0 Å². The van der Waals surface area contributed by atoms with Gasteiger partial charge in [-0.25, -0.2) is 8.42 Å². The number of aliphatic carboxylic acids is 1. The van der Waals surface area contributed by atoms with Gasteiger partial charge in [0.25, 0.3) is 0 Å². The highest BCUT2D eigenvalue weighted by atomic mass is 32.2. The summed E-state index contributed by atoms with van der Waals surface area (Å²) < 4.78 is 26.5. The number of carboxylic acid groups (broad SMARTS) is 1. The van der Waals surface area contributed by atoms with E-state index >= 15 is 0 Å². The number of aryl methyl sites for hydroxylation is 1. The molecule has 0 saturated carbocycles. The van der Waals surface area contributed by atoms with E-state index in [2.05, 4.69) is 19.9 Å². The predicted octanol–water partition coefficient (Wildman–Crippen LogP) is 0.0873. The normalized spacial score (nSPS) is 13.0. The summed E-state index contributed by atoms with van der Waals surface area (Å²) in [5.41, 5.74) is 1.01. The van der Waals surface area contributed by atoms with E-state index in [1.54, 1.807) is 19.1 Å². The van der Waals surface area contributed by atoms with Gasteiger partial charge in [0.15, 0.2) is 0 Å². The number of aromatic nitrogens is 3. The highest BCUT2D eigenvalue weighted by Gasteiger charge is 2.27. The third-order valence-electron chi connectivity index (χ3n) is 2.86. The zero-order valence-corrected chi connectivity index (χ0v) is 12.0. The summed E-state index contributed by atoms with van der Waals surface area (Å²) in [6.07, 6.45) is 4.20. The zero-order valence-electron chi connectivity index (χ0n) is 11.1. The number of aromatic amines is 1. The van der Waals surface area contributed by atoms with Gasteiger partial charge in [-0.05, 0) is 31.0 Å². The van der Waals surface area contributed by atoms with Crippen molar-refractivity contribution in [1.29, 1.82) is 0 Å². The third-order valence-corrected chi connectivity index (χ3v) is 4.44. The fourth-order valence-electron chi connectivity index (χ4n) is 1.80. The lowest BCUT2D eigenvalue weighted by Crippen LogP contribution is -2.42. The molecule has 0 bridgehead atoms. The number of hydrogen-bond acceptors (Lipinski definition) is 5. The van der Waals surface area contributed by atoms with Gasteiger partial charge in [0, 0.05) is 12.4 Å². The Morgan fingerprint density at radius 2 is 2.10 bits per heavy atom. The number of carboxylic acids is 1. The van der Waals surface area contributed by atoms with Gasteiger partial charge < -0.3 is 5.11 Å². The van der Waals surface area contributed by atoms with Gasteiger partial charge in [-0.2, -0.15) is 9.82 Å². The van der Waals surface area contributed by atoms with Crippen LogP contribution in [0.25, 0.3) is 0 Å². The number of nitrogens with zero attached hydrogens (tertiary/aromatic N) is 2. The molecule has 0 amide bonds. The number of hydrogen-bond donors (Lipinski definition) is 3. The van der Waals surface area contributed by atoms with Gasteiger partial charge in [0.2, 0.25) is 10.0 Å². The third kappa shape index (κ3) is 3.64. The van der Waals surface area contributed by atoms with Crippen LogP contribution in [0.5, 0.6) is 0 Å². The molecule has 0 fully saturated rings. The van der Waals surface area contributed by atoms with E-state index in [9.17, 15) is 18.3 Å². The highest BCUT2D eigenvalue weighted by Crippen LogP contribution is 2.13. The summed E-state index contributed by atoms with van der Waals surface area (Å²) in [4.78, 5) is 15.0. The quantitative estimate of drug-likeness (QED) is 0.694. The van der Waals surface area contributed by atoms with Crippen LogP contribution in [0, 0.1) is 6.92 Å². The van der Waals surface area contributed by atoms with E-state index in [4.69, 9.17) is 0 Å². The second-order valence-electron chi connectivity index (χ2n) is 4.43. The topological polar surface area (TPSA) is 125 Å². The first-order chi connectivity index (χ1) is 9.90. The van der Waals surface area contributed by atoms with Crippen LogP contribution in [0.2, 0.25) is 0 Å². The Labute approximate surface area is 121 Å². The van der Waals surface area contributed by atoms with Crippen molar-refractivity contribution < 1.29 is 18.3 Å². The molecule has 0 aliphatic carbocycles. The lowest BCUT2D eigenvalue weighted by Gasteiger charge is -2.14. The summed E-state index contributed by atoms with van der Waals surface area (Å²) in [7, 11) is -3.95. The van der Waals surface area contributed by atoms with Gasteiger partial charge in [-0.1, -0.05) is 0 Å². The number of nitrogens with one attached hydrogen (secondary N) is 2. The molecule has 3 N–H and O–H groups in total. The lowest BCUT2D eigenvalue weighted by atomic mass is 10.1. The summed E-state index contributed by atoms with van der Waals surface area (Å²) >= 11 is 0. The number of H-pyrrole nitrogens is 1. The molecule has 2 heterocycles. The van der Waals surface area contributed by atoms with Crippen molar-refractivity contribution in [3.8, 4) is 0 Å². The summed E-state index contributed by atoms with van der Waals surface area (Å²) in [5, 5.41) is 15.3. The van der Waals surface area contributed by atoms with Crippen LogP contribution in [0.1, 0.15) is 11.3 Å². The minimum absolute atomic E-state index is 0.0218. The first-order valence-corrected chi connectivity index (χ1v) is 7.52. The molecule has 0 aliphatic heterocycles. The number of sulfonamides is 1. The molecule has 0 aliphatic rings. The largest absolute Gasteiger partial charge is 0.480 e. The first kappa shape index (κ1) is 15.1. The Morgan fingerprint density at radius 1 is 1.43 bits per heavy atom. The minimum atomic E-state index is -3.95. The van der Waals surface area contributed by atoms with Crippen LogP contribution in [0.15, 0.2) is 35.6 Å². The second kappa shape index (κ2) is 6.02. The van der Waals surface area contributed by atoms with E-state index < -0.39 is 22.0 Å². The molecule has 0 spiro atoms. The first-order valence-electron chi connectivity index (χ1n) is 6.04. The average Bonchev–Trinajstić information content (AvgIpc) is 2.86. The summed E-state index contributed by atoms with van der Waals surface area (Å²) in [6.45, 7) is 1.54. The smallest absolute Gasteiger partial charge is 0.322 e.